The van der Waals surface area contributed by atoms with Crippen molar-refractivity contribution in [3.8, 4) is 0 Å². The first kappa shape index (κ1) is 12.4. The quantitative estimate of drug-likeness (QED) is 0.705. The van der Waals surface area contributed by atoms with E-state index in [0.717, 1.165) is 11.0 Å². The average molecular weight is 302 g/mol. The van der Waals surface area contributed by atoms with Gasteiger partial charge in [-0.15, -0.1) is 5.10 Å². The van der Waals surface area contributed by atoms with E-state index in [1.807, 2.05) is 30.4 Å². The number of rotatable bonds is 1. The van der Waals surface area contributed by atoms with E-state index in [1.54, 1.807) is 10.6 Å². The van der Waals surface area contributed by atoms with Crippen molar-refractivity contribution in [2.45, 2.75) is 0 Å². The molecule has 0 fully saturated rings. The zero-order valence-corrected chi connectivity index (χ0v) is 12.0. The number of hydrogen-bond donors (Lipinski definition) is 2. The van der Waals surface area contributed by atoms with Crippen molar-refractivity contribution in [1.29, 1.82) is 0 Å². The molecule has 0 saturated heterocycles. The molecule has 1 aliphatic rings. The van der Waals surface area contributed by atoms with Gasteiger partial charge in [-0.05, 0) is 12.1 Å². The lowest BCUT2D eigenvalue weighted by atomic mass is 10.2. The summed E-state index contributed by atoms with van der Waals surface area (Å²) in [5.74, 6) is 0.900. The molecule has 3 aromatic rings. The standard InChI is InChI=1S/C13H12ClN7/c1-20-6-7(5-16-20)11-18-12-8-3-2-4-9(14)10(8)17-13(15)21(12)19-11/h2-4,6,16H,5H2,1H3,(H2,15,17). The fraction of sp³-hybridized carbons (Fsp3) is 0.154. The molecule has 0 bridgehead atoms. The molecule has 3 N–H and O–H groups in total. The highest BCUT2D eigenvalue weighted by Gasteiger charge is 2.18. The number of halogens is 1. The first-order valence-electron chi connectivity index (χ1n) is 6.41. The lowest BCUT2D eigenvalue weighted by molar-refractivity contribution is 0.374. The van der Waals surface area contributed by atoms with Crippen molar-refractivity contribution in [3.63, 3.8) is 0 Å². The Labute approximate surface area is 125 Å². The van der Waals surface area contributed by atoms with Gasteiger partial charge >= 0.3 is 0 Å². The first-order valence-corrected chi connectivity index (χ1v) is 6.79. The highest BCUT2D eigenvalue weighted by Crippen LogP contribution is 2.26. The highest BCUT2D eigenvalue weighted by molar-refractivity contribution is 6.35. The molecule has 4 rings (SSSR count). The summed E-state index contributed by atoms with van der Waals surface area (Å²) in [4.78, 5) is 8.92. The molecule has 0 saturated carbocycles. The van der Waals surface area contributed by atoms with Crippen LogP contribution >= 0.6 is 11.6 Å². The van der Waals surface area contributed by atoms with E-state index < -0.39 is 0 Å². The fourth-order valence-electron chi connectivity index (χ4n) is 2.43. The average Bonchev–Trinajstić information content (AvgIpc) is 3.07. The van der Waals surface area contributed by atoms with Gasteiger partial charge in [0.1, 0.15) is 0 Å². The molecule has 8 heteroatoms. The Morgan fingerprint density at radius 2 is 2.19 bits per heavy atom. The van der Waals surface area contributed by atoms with Crippen LogP contribution in [0.2, 0.25) is 5.02 Å². The van der Waals surface area contributed by atoms with Crippen molar-refractivity contribution in [2.24, 2.45) is 0 Å². The third-order valence-corrected chi connectivity index (χ3v) is 3.74. The van der Waals surface area contributed by atoms with Gasteiger partial charge in [-0.2, -0.15) is 4.52 Å². The molecule has 0 unspecified atom stereocenters. The van der Waals surface area contributed by atoms with Gasteiger partial charge in [0.15, 0.2) is 11.5 Å². The Morgan fingerprint density at radius 1 is 1.33 bits per heavy atom. The van der Waals surface area contributed by atoms with Crippen LogP contribution in [0.1, 0.15) is 5.82 Å². The number of aromatic nitrogens is 4. The maximum absolute atomic E-state index is 6.18. The number of anilines is 1. The molecular weight excluding hydrogens is 290 g/mol. The molecule has 106 valence electrons. The monoisotopic (exact) mass is 301 g/mol. The van der Waals surface area contributed by atoms with Gasteiger partial charge in [0, 0.05) is 30.8 Å². The van der Waals surface area contributed by atoms with Crippen molar-refractivity contribution in [3.05, 3.63) is 35.2 Å². The van der Waals surface area contributed by atoms with Crippen molar-refractivity contribution >= 4 is 39.7 Å². The topological polar surface area (TPSA) is 84.4 Å². The van der Waals surface area contributed by atoms with Gasteiger partial charge in [-0.1, -0.05) is 17.7 Å². The second-order valence-corrected chi connectivity index (χ2v) is 5.28. The Bertz CT molecular complexity index is 898. The largest absolute Gasteiger partial charge is 0.368 e. The summed E-state index contributed by atoms with van der Waals surface area (Å²) < 4.78 is 1.55. The van der Waals surface area contributed by atoms with Gasteiger partial charge in [0.25, 0.3) is 0 Å². The van der Waals surface area contributed by atoms with E-state index >= 15 is 0 Å². The molecule has 21 heavy (non-hydrogen) atoms. The predicted molar refractivity (Wildman–Crippen MR) is 81.5 cm³/mol. The molecule has 0 atom stereocenters. The normalized spacial score (nSPS) is 15.1. The number of para-hydroxylation sites is 1. The van der Waals surface area contributed by atoms with Crippen LogP contribution in [0, 0.1) is 0 Å². The molecule has 0 radical (unpaired) electrons. The molecule has 7 nitrogen and oxygen atoms in total. The summed E-state index contributed by atoms with van der Waals surface area (Å²) in [7, 11) is 1.92. The van der Waals surface area contributed by atoms with E-state index in [0.29, 0.717) is 28.6 Å². The van der Waals surface area contributed by atoms with E-state index in [2.05, 4.69) is 20.5 Å². The number of benzene rings is 1. The van der Waals surface area contributed by atoms with E-state index in [-0.39, 0.29) is 5.95 Å². The van der Waals surface area contributed by atoms with E-state index in [4.69, 9.17) is 17.3 Å². The van der Waals surface area contributed by atoms with Crippen LogP contribution in [0.5, 0.6) is 0 Å². The summed E-state index contributed by atoms with van der Waals surface area (Å²) in [6.45, 7) is 0.680. The van der Waals surface area contributed by atoms with Crippen LogP contribution in [0.25, 0.3) is 22.1 Å². The maximum Gasteiger partial charge on any atom is 0.223 e. The van der Waals surface area contributed by atoms with Crippen molar-refractivity contribution < 1.29 is 0 Å². The third kappa shape index (κ3) is 1.82. The minimum atomic E-state index is 0.268. The van der Waals surface area contributed by atoms with Crippen LogP contribution in [0.4, 0.5) is 5.95 Å². The number of hydrogen-bond acceptors (Lipinski definition) is 6. The third-order valence-electron chi connectivity index (χ3n) is 3.43. The molecule has 1 aromatic carbocycles. The lowest BCUT2D eigenvalue weighted by Crippen LogP contribution is -2.23. The van der Waals surface area contributed by atoms with Crippen LogP contribution in [0.15, 0.2) is 24.4 Å². The summed E-state index contributed by atoms with van der Waals surface area (Å²) in [6.07, 6.45) is 1.95. The van der Waals surface area contributed by atoms with Crippen LogP contribution in [0.3, 0.4) is 0 Å². The molecule has 2 aromatic heterocycles. The van der Waals surface area contributed by atoms with Gasteiger partial charge in [0.2, 0.25) is 5.95 Å². The van der Waals surface area contributed by atoms with Crippen molar-refractivity contribution in [1.82, 2.24) is 30.0 Å². The molecule has 3 heterocycles. The summed E-state index contributed by atoms with van der Waals surface area (Å²) in [5, 5.41) is 7.70. The molecule has 1 aliphatic heterocycles. The SMILES string of the molecule is CN1C=C(c2nc3c4cccc(Cl)c4nc(N)n3n2)CN1. The Hall–Kier alpha value is -2.38. The zero-order valence-electron chi connectivity index (χ0n) is 11.2. The summed E-state index contributed by atoms with van der Waals surface area (Å²) in [6, 6.07) is 5.55. The number of hydrazine groups is 1. The minimum Gasteiger partial charge on any atom is -0.368 e. The highest BCUT2D eigenvalue weighted by atomic mass is 35.5. The molecule has 0 aliphatic carbocycles. The molecular formula is C13H12ClN7. The molecule has 0 amide bonds. The predicted octanol–water partition coefficient (Wildman–Crippen LogP) is 1.30. The zero-order chi connectivity index (χ0) is 14.6. The Balaban J connectivity index is 2.03. The minimum absolute atomic E-state index is 0.268. The number of nitrogens with two attached hydrogens (primary N) is 1. The number of nitrogen functional groups attached to an aromatic ring is 1. The van der Waals surface area contributed by atoms with E-state index in [9.17, 15) is 0 Å². The first-order chi connectivity index (χ1) is 10.1. The maximum atomic E-state index is 6.18. The summed E-state index contributed by atoms with van der Waals surface area (Å²) in [5.41, 5.74) is 11.4. The molecule has 0 spiro atoms. The second-order valence-electron chi connectivity index (χ2n) is 4.88. The number of nitrogens with zero attached hydrogens (tertiary/aromatic N) is 5. The fourth-order valence-corrected chi connectivity index (χ4v) is 2.64. The summed E-state index contributed by atoms with van der Waals surface area (Å²) >= 11 is 6.18. The number of nitrogens with one attached hydrogen (secondary N) is 1. The van der Waals surface area contributed by atoms with Gasteiger partial charge in [0.05, 0.1) is 10.5 Å². The van der Waals surface area contributed by atoms with E-state index in [1.165, 1.54) is 0 Å². The van der Waals surface area contributed by atoms with Crippen LogP contribution in [-0.4, -0.2) is 38.2 Å². The van der Waals surface area contributed by atoms with Crippen LogP contribution in [-0.2, 0) is 0 Å². The Morgan fingerprint density at radius 3 is 2.95 bits per heavy atom. The van der Waals surface area contributed by atoms with Crippen LogP contribution < -0.4 is 11.2 Å². The van der Waals surface area contributed by atoms with Gasteiger partial charge in [-0.3, -0.25) is 0 Å². The number of fused-ring (bicyclic) bond motifs is 3. The Kier molecular flexibility index (Phi) is 2.54. The van der Waals surface area contributed by atoms with Crippen molar-refractivity contribution in [2.75, 3.05) is 19.3 Å². The smallest absolute Gasteiger partial charge is 0.223 e. The second kappa shape index (κ2) is 4.31. The van der Waals surface area contributed by atoms with Gasteiger partial charge in [-0.25, -0.2) is 15.4 Å². The van der Waals surface area contributed by atoms with Gasteiger partial charge < -0.3 is 10.7 Å². The lowest BCUT2D eigenvalue weighted by Gasteiger charge is -2.04.